The number of carboxylic acid groups (broad SMARTS) is 1. The molecule has 6 heteroatoms. The van der Waals surface area contributed by atoms with Crippen LogP contribution in [0.3, 0.4) is 0 Å². The molecule has 0 fully saturated rings. The van der Waals surface area contributed by atoms with E-state index in [2.05, 4.69) is 10.3 Å². The summed E-state index contributed by atoms with van der Waals surface area (Å²) >= 11 is 5.99. The van der Waals surface area contributed by atoms with Gasteiger partial charge in [0.25, 0.3) is 5.91 Å². The van der Waals surface area contributed by atoms with E-state index in [1.807, 2.05) is 0 Å². The minimum atomic E-state index is -1.09. The van der Waals surface area contributed by atoms with Crippen LogP contribution in [0.4, 0.5) is 0 Å². The molecule has 1 amide bonds. The lowest BCUT2D eigenvalue weighted by Gasteiger charge is -2.07. The number of amides is 1. The second-order valence-corrected chi connectivity index (χ2v) is 4.32. The smallest absolute Gasteiger partial charge is 0.325 e. The summed E-state index contributed by atoms with van der Waals surface area (Å²) in [7, 11) is 0. The predicted octanol–water partition coefficient (Wildman–Crippen LogP) is 2.02. The highest BCUT2D eigenvalue weighted by Crippen LogP contribution is 2.23. The van der Waals surface area contributed by atoms with Gasteiger partial charge in [-0.25, -0.2) is 0 Å². The summed E-state index contributed by atoms with van der Waals surface area (Å²) in [5.41, 5.74) is 1.02. The van der Waals surface area contributed by atoms with Gasteiger partial charge in [-0.15, -0.1) is 0 Å². The number of fused-ring (bicyclic) bond motifs is 1. The van der Waals surface area contributed by atoms with Gasteiger partial charge in [-0.2, -0.15) is 0 Å². The van der Waals surface area contributed by atoms with Crippen LogP contribution < -0.4 is 5.32 Å². The Morgan fingerprint density at radius 1 is 1.44 bits per heavy atom. The van der Waals surface area contributed by atoms with Gasteiger partial charge in [0.05, 0.1) is 0 Å². The van der Waals surface area contributed by atoms with Crippen molar-refractivity contribution in [3.63, 3.8) is 0 Å². The number of H-pyrrole nitrogens is 1. The first-order valence-corrected chi connectivity index (χ1v) is 5.67. The van der Waals surface area contributed by atoms with Gasteiger partial charge in [-0.1, -0.05) is 17.7 Å². The van der Waals surface area contributed by atoms with Crippen molar-refractivity contribution in [1.29, 1.82) is 0 Å². The highest BCUT2D eigenvalue weighted by atomic mass is 35.5. The zero-order chi connectivity index (χ0) is 13.3. The molecule has 0 unspecified atom stereocenters. The average Bonchev–Trinajstić information content (AvgIpc) is 2.74. The minimum absolute atomic E-state index is 0.284. The Balaban J connectivity index is 2.29. The van der Waals surface area contributed by atoms with Crippen molar-refractivity contribution < 1.29 is 14.7 Å². The van der Waals surface area contributed by atoms with Crippen molar-refractivity contribution in [2.45, 2.75) is 13.0 Å². The van der Waals surface area contributed by atoms with Gasteiger partial charge in [0.1, 0.15) is 11.7 Å². The van der Waals surface area contributed by atoms with Gasteiger partial charge in [0.2, 0.25) is 0 Å². The van der Waals surface area contributed by atoms with Crippen LogP contribution in [0.25, 0.3) is 10.9 Å². The van der Waals surface area contributed by atoms with Crippen LogP contribution >= 0.6 is 11.6 Å². The van der Waals surface area contributed by atoms with Gasteiger partial charge in [0.15, 0.2) is 0 Å². The highest BCUT2D eigenvalue weighted by Gasteiger charge is 2.17. The third-order valence-corrected chi connectivity index (χ3v) is 2.90. The SMILES string of the molecule is C[C@H](NC(=O)c1cc2c(Cl)cccc2[nH]1)C(=O)O. The quantitative estimate of drug-likeness (QED) is 0.795. The topological polar surface area (TPSA) is 82.2 Å². The van der Waals surface area contributed by atoms with Crippen LogP contribution in [0.2, 0.25) is 5.02 Å². The van der Waals surface area contributed by atoms with Crippen molar-refractivity contribution in [3.05, 3.63) is 35.0 Å². The summed E-state index contributed by atoms with van der Waals surface area (Å²) < 4.78 is 0. The number of aromatic amines is 1. The summed E-state index contributed by atoms with van der Waals surface area (Å²) in [6.45, 7) is 1.40. The number of benzene rings is 1. The van der Waals surface area contributed by atoms with Gasteiger partial charge < -0.3 is 15.4 Å². The number of aliphatic carboxylic acids is 1. The van der Waals surface area contributed by atoms with E-state index >= 15 is 0 Å². The molecule has 0 bridgehead atoms. The number of aromatic nitrogens is 1. The Kier molecular flexibility index (Phi) is 3.25. The molecule has 0 saturated heterocycles. The number of carbonyl (C=O) groups is 2. The normalized spacial score (nSPS) is 12.3. The summed E-state index contributed by atoms with van der Waals surface area (Å²) in [5.74, 6) is -1.56. The summed E-state index contributed by atoms with van der Waals surface area (Å²) in [6, 6.07) is 5.93. The van der Waals surface area contributed by atoms with Gasteiger partial charge in [0, 0.05) is 15.9 Å². The minimum Gasteiger partial charge on any atom is -0.480 e. The Morgan fingerprint density at radius 3 is 2.78 bits per heavy atom. The van der Waals surface area contributed by atoms with Crippen molar-refractivity contribution in [3.8, 4) is 0 Å². The summed E-state index contributed by atoms with van der Waals surface area (Å²) in [4.78, 5) is 25.3. The fraction of sp³-hybridized carbons (Fsp3) is 0.167. The molecule has 0 aliphatic carbocycles. The molecule has 5 nitrogen and oxygen atoms in total. The Bertz CT molecular complexity index is 621. The lowest BCUT2D eigenvalue weighted by atomic mass is 10.2. The van der Waals surface area contributed by atoms with Crippen molar-refractivity contribution in [1.82, 2.24) is 10.3 Å². The molecule has 0 radical (unpaired) electrons. The molecule has 18 heavy (non-hydrogen) atoms. The van der Waals surface area contributed by atoms with Gasteiger partial charge in [-0.3, -0.25) is 9.59 Å². The number of hydrogen-bond acceptors (Lipinski definition) is 2. The molecule has 1 heterocycles. The summed E-state index contributed by atoms with van der Waals surface area (Å²) in [6.07, 6.45) is 0. The summed E-state index contributed by atoms with van der Waals surface area (Å²) in [5, 5.41) is 12.3. The van der Waals surface area contributed by atoms with E-state index < -0.39 is 17.9 Å². The maximum Gasteiger partial charge on any atom is 0.325 e. The molecule has 2 rings (SSSR count). The number of rotatable bonds is 3. The number of halogens is 1. The van der Waals surface area contributed by atoms with E-state index in [0.29, 0.717) is 5.02 Å². The van der Waals surface area contributed by atoms with Crippen LogP contribution in [-0.4, -0.2) is 28.0 Å². The Morgan fingerprint density at radius 2 is 2.17 bits per heavy atom. The third kappa shape index (κ3) is 2.31. The molecular formula is C12H11ClN2O3. The third-order valence-electron chi connectivity index (χ3n) is 2.57. The van der Waals surface area contributed by atoms with Gasteiger partial charge >= 0.3 is 5.97 Å². The fourth-order valence-electron chi connectivity index (χ4n) is 1.58. The number of nitrogens with one attached hydrogen (secondary N) is 2. The maximum absolute atomic E-state index is 11.8. The standard InChI is InChI=1S/C12H11ClN2O3/c1-6(12(17)18)14-11(16)10-5-7-8(13)3-2-4-9(7)15-10/h2-6,15H,1H3,(H,14,16)(H,17,18)/t6-/m0/s1. The van der Waals surface area contributed by atoms with Crippen LogP contribution in [0.5, 0.6) is 0 Å². The first kappa shape index (κ1) is 12.4. The van der Waals surface area contributed by atoms with E-state index in [1.54, 1.807) is 24.3 Å². The number of carboxylic acids is 1. The maximum atomic E-state index is 11.8. The second-order valence-electron chi connectivity index (χ2n) is 3.92. The van der Waals surface area contributed by atoms with Crippen molar-refractivity contribution >= 4 is 34.4 Å². The molecule has 0 saturated carbocycles. The van der Waals surface area contributed by atoms with Crippen molar-refractivity contribution in [2.75, 3.05) is 0 Å². The number of carbonyl (C=O) groups excluding carboxylic acids is 1. The molecule has 3 N–H and O–H groups in total. The van der Waals surface area contributed by atoms with Crippen LogP contribution in [0.15, 0.2) is 24.3 Å². The fourth-order valence-corrected chi connectivity index (χ4v) is 1.81. The largest absolute Gasteiger partial charge is 0.480 e. The van der Waals surface area contributed by atoms with Crippen LogP contribution in [0, 0.1) is 0 Å². The molecule has 1 aromatic carbocycles. The highest BCUT2D eigenvalue weighted by molar-refractivity contribution is 6.35. The molecule has 0 aliphatic heterocycles. The Labute approximate surface area is 108 Å². The van der Waals surface area contributed by atoms with Crippen molar-refractivity contribution in [2.24, 2.45) is 0 Å². The molecule has 94 valence electrons. The molecule has 0 aliphatic rings. The Hall–Kier alpha value is -2.01. The van der Waals surface area contributed by atoms with E-state index in [1.165, 1.54) is 6.92 Å². The second kappa shape index (κ2) is 4.70. The first-order chi connectivity index (χ1) is 8.49. The first-order valence-electron chi connectivity index (χ1n) is 5.30. The number of hydrogen-bond donors (Lipinski definition) is 3. The lowest BCUT2D eigenvalue weighted by Crippen LogP contribution is -2.38. The molecule has 2 aromatic rings. The molecule has 1 aromatic heterocycles. The lowest BCUT2D eigenvalue weighted by molar-refractivity contribution is -0.138. The zero-order valence-corrected chi connectivity index (χ0v) is 10.3. The van der Waals surface area contributed by atoms with Gasteiger partial charge in [-0.05, 0) is 25.1 Å². The molecule has 0 spiro atoms. The van der Waals surface area contributed by atoms with E-state index in [-0.39, 0.29) is 5.69 Å². The van der Waals surface area contributed by atoms with E-state index in [9.17, 15) is 9.59 Å². The average molecular weight is 267 g/mol. The van der Waals surface area contributed by atoms with Crippen LogP contribution in [-0.2, 0) is 4.79 Å². The zero-order valence-electron chi connectivity index (χ0n) is 9.53. The van der Waals surface area contributed by atoms with E-state index in [0.717, 1.165) is 10.9 Å². The molecular weight excluding hydrogens is 256 g/mol. The predicted molar refractivity (Wildman–Crippen MR) is 67.9 cm³/mol. The van der Waals surface area contributed by atoms with E-state index in [4.69, 9.17) is 16.7 Å². The monoisotopic (exact) mass is 266 g/mol. The van der Waals surface area contributed by atoms with Crippen LogP contribution in [0.1, 0.15) is 17.4 Å². The molecule has 1 atom stereocenters.